The van der Waals surface area contributed by atoms with Crippen LogP contribution in [0.25, 0.3) is 5.57 Å². The summed E-state index contributed by atoms with van der Waals surface area (Å²) >= 11 is 6.35. The summed E-state index contributed by atoms with van der Waals surface area (Å²) in [5.41, 5.74) is 9.40. The molecule has 116 valence electrons. The summed E-state index contributed by atoms with van der Waals surface area (Å²) in [5.74, 6) is 0.725. The normalized spacial score (nSPS) is 11.3. The number of anilines is 1. The quantitative estimate of drug-likeness (QED) is 0.810. The largest absolute Gasteiger partial charge is 0.482 e. The molecule has 2 aromatic rings. The third-order valence-corrected chi connectivity index (χ3v) is 3.78. The van der Waals surface area contributed by atoms with E-state index in [-0.39, 0.29) is 0 Å². The van der Waals surface area contributed by atoms with E-state index in [1.54, 1.807) is 6.20 Å². The molecule has 0 saturated carbocycles. The number of hydrogen-bond acceptors (Lipinski definition) is 3. The number of aryl methyl sites for hydroxylation is 1. The molecule has 3 nitrogen and oxygen atoms in total. The summed E-state index contributed by atoms with van der Waals surface area (Å²) in [6.45, 7) is 11.7. The molecule has 0 spiro atoms. The predicted octanol–water partition coefficient (Wildman–Crippen LogP) is 4.97. The molecule has 0 unspecified atom stereocenters. The molecule has 2 N–H and O–H groups in total. The first-order chi connectivity index (χ1) is 10.2. The van der Waals surface area contributed by atoms with Crippen LogP contribution < -0.4 is 10.5 Å². The molecule has 0 aliphatic rings. The molecular weight excluding hydrogens is 296 g/mol. The van der Waals surface area contributed by atoms with Crippen LogP contribution in [0.3, 0.4) is 0 Å². The van der Waals surface area contributed by atoms with Gasteiger partial charge in [-0.1, -0.05) is 18.2 Å². The summed E-state index contributed by atoms with van der Waals surface area (Å²) < 4.78 is 6.22. The molecule has 0 saturated heterocycles. The van der Waals surface area contributed by atoms with E-state index >= 15 is 0 Å². The molecule has 0 radical (unpaired) electrons. The molecule has 0 aliphatic heterocycles. The highest BCUT2D eigenvalue weighted by Gasteiger charge is 2.27. The molecule has 0 bridgehead atoms. The Morgan fingerprint density at radius 1 is 1.32 bits per heavy atom. The first-order valence-corrected chi connectivity index (χ1v) is 7.45. The number of nitrogens with zero attached hydrogens (tertiary/aromatic N) is 1. The minimum absolute atomic E-state index is 0.627. The van der Waals surface area contributed by atoms with Gasteiger partial charge in [0.25, 0.3) is 0 Å². The van der Waals surface area contributed by atoms with Gasteiger partial charge in [-0.05, 0) is 57.5 Å². The molecule has 2 rings (SSSR count). The van der Waals surface area contributed by atoms with Crippen LogP contribution in [-0.2, 0) is 5.60 Å². The number of aromatic nitrogens is 1. The number of benzene rings is 1. The maximum Gasteiger partial charge on any atom is 0.131 e. The summed E-state index contributed by atoms with van der Waals surface area (Å²) in [4.78, 5) is 4.32. The molecule has 1 heterocycles. The first kappa shape index (κ1) is 16.4. The van der Waals surface area contributed by atoms with Gasteiger partial charge >= 0.3 is 0 Å². The second kappa shape index (κ2) is 6.01. The van der Waals surface area contributed by atoms with Crippen molar-refractivity contribution in [2.75, 3.05) is 5.73 Å². The second-order valence-corrected chi connectivity index (χ2v) is 6.36. The van der Waals surface area contributed by atoms with Gasteiger partial charge in [-0.2, -0.15) is 0 Å². The van der Waals surface area contributed by atoms with E-state index in [2.05, 4.69) is 11.6 Å². The van der Waals surface area contributed by atoms with Gasteiger partial charge in [0.2, 0.25) is 0 Å². The van der Waals surface area contributed by atoms with Crippen LogP contribution in [-0.4, -0.2) is 4.98 Å². The number of halogens is 1. The standard InChI is InChI=1S/C18H21ClN2O/c1-11(2)14-9-13(20)6-7-17(14)22-18(4,5)15-10-21-12(3)8-16(15)19/h6-10H,1,20H2,2-5H3. The number of nitrogen functional groups attached to an aromatic ring is 1. The Bertz CT molecular complexity index is 723. The Morgan fingerprint density at radius 2 is 2.00 bits per heavy atom. The summed E-state index contributed by atoms with van der Waals surface area (Å²) in [6.07, 6.45) is 1.76. The molecule has 1 aromatic carbocycles. The van der Waals surface area contributed by atoms with Gasteiger partial charge in [-0.25, -0.2) is 0 Å². The Morgan fingerprint density at radius 3 is 2.59 bits per heavy atom. The number of nitrogens with two attached hydrogens (primary N) is 1. The summed E-state index contributed by atoms with van der Waals surface area (Å²) in [6, 6.07) is 7.37. The van der Waals surface area contributed by atoms with Crippen molar-refractivity contribution in [2.45, 2.75) is 33.3 Å². The Hall–Kier alpha value is -2.00. The van der Waals surface area contributed by atoms with Crippen molar-refractivity contribution in [3.8, 4) is 5.75 Å². The van der Waals surface area contributed by atoms with Gasteiger partial charge in [0.15, 0.2) is 0 Å². The fourth-order valence-electron chi connectivity index (χ4n) is 2.27. The highest BCUT2D eigenvalue weighted by molar-refractivity contribution is 6.31. The predicted molar refractivity (Wildman–Crippen MR) is 93.2 cm³/mol. The Labute approximate surface area is 136 Å². The Balaban J connectivity index is 2.42. The molecule has 0 atom stereocenters. The van der Waals surface area contributed by atoms with Gasteiger partial charge < -0.3 is 10.5 Å². The zero-order chi connectivity index (χ0) is 16.5. The first-order valence-electron chi connectivity index (χ1n) is 7.08. The zero-order valence-corrected chi connectivity index (χ0v) is 14.2. The average molecular weight is 317 g/mol. The van der Waals surface area contributed by atoms with Gasteiger partial charge in [0, 0.05) is 28.7 Å². The van der Waals surface area contributed by atoms with Crippen LogP contribution in [0.2, 0.25) is 5.02 Å². The van der Waals surface area contributed by atoms with Crippen molar-refractivity contribution in [1.29, 1.82) is 0 Å². The van der Waals surface area contributed by atoms with Gasteiger partial charge in [-0.15, -0.1) is 0 Å². The monoisotopic (exact) mass is 316 g/mol. The number of ether oxygens (including phenoxy) is 1. The molecule has 22 heavy (non-hydrogen) atoms. The molecule has 0 fully saturated rings. The van der Waals surface area contributed by atoms with Gasteiger partial charge in [0.05, 0.1) is 5.02 Å². The number of rotatable bonds is 4. The van der Waals surface area contributed by atoms with Crippen molar-refractivity contribution >= 4 is 22.9 Å². The van der Waals surface area contributed by atoms with E-state index in [9.17, 15) is 0 Å². The summed E-state index contributed by atoms with van der Waals surface area (Å²) in [5, 5.41) is 0.643. The van der Waals surface area contributed by atoms with Crippen molar-refractivity contribution in [3.63, 3.8) is 0 Å². The number of hydrogen-bond donors (Lipinski definition) is 1. The maximum atomic E-state index is 6.35. The van der Waals surface area contributed by atoms with Crippen LogP contribution in [0.1, 0.15) is 37.6 Å². The van der Waals surface area contributed by atoms with Crippen molar-refractivity contribution < 1.29 is 4.74 Å². The van der Waals surface area contributed by atoms with E-state index in [0.717, 1.165) is 28.1 Å². The van der Waals surface area contributed by atoms with Crippen LogP contribution in [0.4, 0.5) is 5.69 Å². The minimum Gasteiger partial charge on any atom is -0.482 e. The fraction of sp³-hybridized carbons (Fsp3) is 0.278. The van der Waals surface area contributed by atoms with Crippen molar-refractivity contribution in [1.82, 2.24) is 4.98 Å². The number of pyridine rings is 1. The maximum absolute atomic E-state index is 6.35. The van der Waals surface area contributed by atoms with Gasteiger partial charge in [0.1, 0.15) is 11.4 Å². The van der Waals surface area contributed by atoms with Crippen LogP contribution >= 0.6 is 11.6 Å². The molecule has 0 aliphatic carbocycles. The molecule has 4 heteroatoms. The van der Waals surface area contributed by atoms with E-state index in [4.69, 9.17) is 22.1 Å². The smallest absolute Gasteiger partial charge is 0.131 e. The Kier molecular flexibility index (Phi) is 4.47. The lowest BCUT2D eigenvalue weighted by Gasteiger charge is -2.29. The topological polar surface area (TPSA) is 48.1 Å². The highest BCUT2D eigenvalue weighted by Crippen LogP contribution is 2.36. The van der Waals surface area contributed by atoms with Gasteiger partial charge in [-0.3, -0.25) is 4.98 Å². The van der Waals surface area contributed by atoms with E-state index in [0.29, 0.717) is 10.7 Å². The molecule has 1 aromatic heterocycles. The second-order valence-electron chi connectivity index (χ2n) is 5.95. The van der Waals surface area contributed by atoms with Crippen LogP contribution in [0.15, 0.2) is 37.0 Å². The lowest BCUT2D eigenvalue weighted by molar-refractivity contribution is 0.108. The van der Waals surface area contributed by atoms with Crippen LogP contribution in [0, 0.1) is 6.92 Å². The van der Waals surface area contributed by atoms with E-state index in [1.165, 1.54) is 0 Å². The third kappa shape index (κ3) is 3.42. The fourth-order valence-corrected chi connectivity index (χ4v) is 2.70. The van der Waals surface area contributed by atoms with Crippen molar-refractivity contribution in [2.24, 2.45) is 0 Å². The zero-order valence-electron chi connectivity index (χ0n) is 13.4. The molecular formula is C18H21ClN2O. The molecule has 0 amide bonds. The van der Waals surface area contributed by atoms with E-state index < -0.39 is 5.60 Å². The third-order valence-electron chi connectivity index (χ3n) is 3.47. The van der Waals surface area contributed by atoms with Crippen molar-refractivity contribution in [3.05, 3.63) is 58.9 Å². The average Bonchev–Trinajstić information content (AvgIpc) is 2.39. The SMILES string of the molecule is C=C(C)c1cc(N)ccc1OC(C)(C)c1cnc(C)cc1Cl. The van der Waals surface area contributed by atoms with Crippen LogP contribution in [0.5, 0.6) is 5.75 Å². The number of allylic oxidation sites excluding steroid dienone is 1. The summed E-state index contributed by atoms with van der Waals surface area (Å²) in [7, 11) is 0. The lowest BCUT2D eigenvalue weighted by Crippen LogP contribution is -2.26. The highest BCUT2D eigenvalue weighted by atomic mass is 35.5. The lowest BCUT2D eigenvalue weighted by atomic mass is 9.98. The minimum atomic E-state index is -0.627. The van der Waals surface area contributed by atoms with E-state index in [1.807, 2.05) is 52.0 Å².